The standard InChI is InChI=1S/C30H43N3O6S/c1-5-39-28-19-15-26(16-20-28)33(40(4,36)37)21-9-12-29(34)32(22-24-13-17-27(38-3)18-14-24)23(2)30(35)31-25-10-7-6-8-11-25/h13-20,23,25H,5-12,21-22H2,1-4H3,(H,31,35). The van der Waals surface area contributed by atoms with Crippen LogP contribution < -0.4 is 19.1 Å². The molecule has 1 aliphatic rings. The van der Waals surface area contributed by atoms with Crippen molar-refractivity contribution in [1.29, 1.82) is 0 Å². The Hall–Kier alpha value is -3.27. The number of ether oxygens (including phenoxy) is 2. The van der Waals surface area contributed by atoms with E-state index in [0.29, 0.717) is 30.2 Å². The molecule has 0 spiro atoms. The maximum Gasteiger partial charge on any atom is 0.242 e. The Labute approximate surface area is 238 Å². The lowest BCUT2D eigenvalue weighted by molar-refractivity contribution is -0.141. The van der Waals surface area contributed by atoms with Crippen LogP contribution in [0.5, 0.6) is 11.5 Å². The van der Waals surface area contributed by atoms with E-state index in [1.807, 2.05) is 31.2 Å². The predicted molar refractivity (Wildman–Crippen MR) is 157 cm³/mol. The van der Waals surface area contributed by atoms with Crippen LogP contribution >= 0.6 is 0 Å². The Morgan fingerprint density at radius 2 is 1.62 bits per heavy atom. The van der Waals surface area contributed by atoms with E-state index in [4.69, 9.17) is 9.47 Å². The Morgan fingerprint density at radius 3 is 2.20 bits per heavy atom. The van der Waals surface area contributed by atoms with Gasteiger partial charge in [0, 0.05) is 25.6 Å². The molecule has 0 aromatic heterocycles. The molecule has 1 saturated carbocycles. The molecule has 2 aromatic carbocycles. The molecule has 2 aromatic rings. The van der Waals surface area contributed by atoms with Crippen LogP contribution in [0, 0.1) is 0 Å². The van der Waals surface area contributed by atoms with Crippen molar-refractivity contribution in [2.24, 2.45) is 0 Å². The SMILES string of the molecule is CCOc1ccc(N(CCCC(=O)N(Cc2ccc(OC)cc2)C(C)C(=O)NC2CCCCC2)S(C)(=O)=O)cc1. The average Bonchev–Trinajstić information content (AvgIpc) is 2.94. The first-order valence-electron chi connectivity index (χ1n) is 14.1. The van der Waals surface area contributed by atoms with Crippen LogP contribution in [0.15, 0.2) is 48.5 Å². The number of amides is 2. The number of nitrogens with zero attached hydrogens (tertiary/aromatic N) is 2. The smallest absolute Gasteiger partial charge is 0.242 e. The number of hydrogen-bond donors (Lipinski definition) is 1. The van der Waals surface area contributed by atoms with Gasteiger partial charge >= 0.3 is 0 Å². The number of benzene rings is 2. The summed E-state index contributed by atoms with van der Waals surface area (Å²) in [6.07, 6.45) is 6.84. The molecule has 0 heterocycles. The Bertz CT molecular complexity index is 1190. The molecule has 1 aliphatic carbocycles. The molecule has 9 nitrogen and oxygen atoms in total. The van der Waals surface area contributed by atoms with Gasteiger partial charge in [0.1, 0.15) is 17.5 Å². The van der Waals surface area contributed by atoms with E-state index < -0.39 is 16.1 Å². The van der Waals surface area contributed by atoms with E-state index >= 15 is 0 Å². The lowest BCUT2D eigenvalue weighted by atomic mass is 9.95. The summed E-state index contributed by atoms with van der Waals surface area (Å²) in [6, 6.07) is 13.7. The number of anilines is 1. The summed E-state index contributed by atoms with van der Waals surface area (Å²) < 4.78 is 37.1. The van der Waals surface area contributed by atoms with Crippen LogP contribution in [-0.4, -0.2) is 63.7 Å². The summed E-state index contributed by atoms with van der Waals surface area (Å²) in [5, 5.41) is 3.14. The highest BCUT2D eigenvalue weighted by Crippen LogP contribution is 2.23. The number of sulfonamides is 1. The van der Waals surface area contributed by atoms with Crippen molar-refractivity contribution in [1.82, 2.24) is 10.2 Å². The van der Waals surface area contributed by atoms with Crippen molar-refractivity contribution in [2.45, 2.75) is 77.4 Å². The van der Waals surface area contributed by atoms with Crippen LogP contribution in [0.25, 0.3) is 0 Å². The van der Waals surface area contributed by atoms with Gasteiger partial charge in [-0.05, 0) is 75.1 Å². The Balaban J connectivity index is 1.71. The lowest BCUT2D eigenvalue weighted by Crippen LogP contribution is -2.50. The van der Waals surface area contributed by atoms with Gasteiger partial charge in [0.05, 0.1) is 25.7 Å². The zero-order valence-corrected chi connectivity index (χ0v) is 24.9. The molecule has 10 heteroatoms. The highest BCUT2D eigenvalue weighted by molar-refractivity contribution is 7.92. The van der Waals surface area contributed by atoms with Crippen molar-refractivity contribution in [3.63, 3.8) is 0 Å². The van der Waals surface area contributed by atoms with Gasteiger partial charge in [0.15, 0.2) is 0 Å². The highest BCUT2D eigenvalue weighted by atomic mass is 32.2. The summed E-state index contributed by atoms with van der Waals surface area (Å²) in [6.45, 7) is 4.55. The van der Waals surface area contributed by atoms with E-state index in [-0.39, 0.29) is 37.4 Å². The number of hydrogen-bond acceptors (Lipinski definition) is 6. The molecule has 0 radical (unpaired) electrons. The number of nitrogens with one attached hydrogen (secondary N) is 1. The minimum atomic E-state index is -3.57. The second-order valence-electron chi connectivity index (χ2n) is 10.3. The fraction of sp³-hybridized carbons (Fsp3) is 0.533. The van der Waals surface area contributed by atoms with Crippen LogP contribution in [0.1, 0.15) is 64.4 Å². The first-order chi connectivity index (χ1) is 19.1. The first-order valence-corrected chi connectivity index (χ1v) is 15.9. The Morgan fingerprint density at radius 1 is 1.00 bits per heavy atom. The molecular weight excluding hydrogens is 530 g/mol. The summed E-state index contributed by atoms with van der Waals surface area (Å²) in [4.78, 5) is 28.3. The zero-order valence-electron chi connectivity index (χ0n) is 24.1. The maximum absolute atomic E-state index is 13.5. The molecule has 3 rings (SSSR count). The maximum atomic E-state index is 13.5. The first kappa shape index (κ1) is 31.3. The lowest BCUT2D eigenvalue weighted by Gasteiger charge is -2.31. The molecule has 1 unspecified atom stereocenters. The van der Waals surface area contributed by atoms with Gasteiger partial charge in [-0.2, -0.15) is 0 Å². The monoisotopic (exact) mass is 573 g/mol. The predicted octanol–water partition coefficient (Wildman–Crippen LogP) is 4.51. The average molecular weight is 574 g/mol. The second kappa shape index (κ2) is 14.9. The molecule has 2 amide bonds. The zero-order chi connectivity index (χ0) is 29.1. The highest BCUT2D eigenvalue weighted by Gasteiger charge is 2.28. The summed E-state index contributed by atoms with van der Waals surface area (Å²) in [5.74, 6) is 0.993. The third-order valence-electron chi connectivity index (χ3n) is 7.22. The van der Waals surface area contributed by atoms with Gasteiger partial charge in [-0.25, -0.2) is 8.42 Å². The van der Waals surface area contributed by atoms with Gasteiger partial charge in [-0.3, -0.25) is 13.9 Å². The van der Waals surface area contributed by atoms with Gasteiger partial charge in [-0.1, -0.05) is 31.4 Å². The van der Waals surface area contributed by atoms with Gasteiger partial charge in [-0.15, -0.1) is 0 Å². The quantitative estimate of drug-likeness (QED) is 0.357. The van der Waals surface area contributed by atoms with E-state index in [2.05, 4.69) is 5.32 Å². The van der Waals surface area contributed by atoms with Gasteiger partial charge in [0.25, 0.3) is 0 Å². The topological polar surface area (TPSA) is 105 Å². The third kappa shape index (κ3) is 9.15. The van der Waals surface area contributed by atoms with Crippen LogP contribution in [-0.2, 0) is 26.2 Å². The molecular formula is C30H43N3O6S. The minimum absolute atomic E-state index is 0.0975. The van der Waals surface area contributed by atoms with Crippen LogP contribution in [0.4, 0.5) is 5.69 Å². The van der Waals surface area contributed by atoms with Crippen LogP contribution in [0.2, 0.25) is 0 Å². The van der Waals surface area contributed by atoms with Gasteiger partial charge < -0.3 is 19.7 Å². The fourth-order valence-electron chi connectivity index (χ4n) is 4.96. The molecule has 0 aliphatic heterocycles. The van der Waals surface area contributed by atoms with Gasteiger partial charge in [0.2, 0.25) is 21.8 Å². The van der Waals surface area contributed by atoms with Crippen molar-refractivity contribution in [3.05, 3.63) is 54.1 Å². The molecule has 1 atom stereocenters. The van der Waals surface area contributed by atoms with Crippen LogP contribution in [0.3, 0.4) is 0 Å². The van der Waals surface area contributed by atoms with E-state index in [1.54, 1.807) is 43.2 Å². The van der Waals surface area contributed by atoms with Crippen molar-refractivity contribution in [3.8, 4) is 11.5 Å². The number of carbonyl (C=O) groups is 2. The molecule has 40 heavy (non-hydrogen) atoms. The number of methoxy groups -OCH3 is 1. The normalized spacial score (nSPS) is 14.7. The summed E-state index contributed by atoms with van der Waals surface area (Å²) >= 11 is 0. The van der Waals surface area contributed by atoms with E-state index in [1.165, 1.54) is 10.7 Å². The molecule has 0 bridgehead atoms. The molecule has 1 fully saturated rings. The number of rotatable bonds is 14. The molecule has 0 saturated heterocycles. The largest absolute Gasteiger partial charge is 0.497 e. The molecule has 220 valence electrons. The number of carbonyl (C=O) groups excluding carboxylic acids is 2. The van der Waals surface area contributed by atoms with Crippen molar-refractivity contribution >= 4 is 27.5 Å². The fourth-order valence-corrected chi connectivity index (χ4v) is 5.92. The third-order valence-corrected chi connectivity index (χ3v) is 8.41. The van der Waals surface area contributed by atoms with E-state index in [9.17, 15) is 18.0 Å². The Kier molecular flexibility index (Phi) is 11.7. The van der Waals surface area contributed by atoms with E-state index in [0.717, 1.165) is 37.5 Å². The van der Waals surface area contributed by atoms with Crippen molar-refractivity contribution < 1.29 is 27.5 Å². The summed E-state index contributed by atoms with van der Waals surface area (Å²) in [5.41, 5.74) is 1.38. The summed E-state index contributed by atoms with van der Waals surface area (Å²) in [7, 11) is -1.98. The van der Waals surface area contributed by atoms with Crippen molar-refractivity contribution in [2.75, 3.05) is 30.8 Å². The molecule has 1 N–H and O–H groups in total. The minimum Gasteiger partial charge on any atom is -0.497 e. The second-order valence-corrected chi connectivity index (χ2v) is 12.2.